The van der Waals surface area contributed by atoms with E-state index >= 15 is 0 Å². The van der Waals surface area contributed by atoms with Crippen LogP contribution in [0.2, 0.25) is 0 Å². The fourth-order valence-electron chi connectivity index (χ4n) is 6.25. The molecule has 270 valence electrons. The van der Waals surface area contributed by atoms with Crippen LogP contribution in [0.3, 0.4) is 0 Å². The summed E-state index contributed by atoms with van der Waals surface area (Å²) in [5, 5.41) is 9.89. The van der Waals surface area contributed by atoms with Crippen molar-refractivity contribution in [3.05, 3.63) is 96.3 Å². The maximum absolute atomic E-state index is 14.8. The van der Waals surface area contributed by atoms with Crippen LogP contribution in [0, 0.1) is 5.82 Å². The van der Waals surface area contributed by atoms with Gasteiger partial charge in [0.1, 0.15) is 17.2 Å². The number of benzene rings is 2. The number of aromatic amines is 1. The number of halogens is 4. The number of methoxy groups -OCH3 is 1. The molecule has 7 rings (SSSR count). The molecule has 15 heteroatoms. The number of hydrogen-bond donors (Lipinski definition) is 2. The van der Waals surface area contributed by atoms with E-state index in [1.54, 1.807) is 49.8 Å². The van der Waals surface area contributed by atoms with Gasteiger partial charge in [0, 0.05) is 79.6 Å². The van der Waals surface area contributed by atoms with E-state index < -0.39 is 11.9 Å². The summed E-state index contributed by atoms with van der Waals surface area (Å²) in [5.74, 6) is 0.327. The van der Waals surface area contributed by atoms with Gasteiger partial charge in [-0.2, -0.15) is 18.3 Å². The van der Waals surface area contributed by atoms with Crippen molar-refractivity contribution in [3.63, 3.8) is 0 Å². The molecule has 0 radical (unpaired) electrons. The molecule has 1 atom stereocenters. The molecule has 1 fully saturated rings. The van der Waals surface area contributed by atoms with E-state index in [9.17, 15) is 27.2 Å². The van der Waals surface area contributed by atoms with E-state index in [1.807, 2.05) is 17.0 Å². The van der Waals surface area contributed by atoms with E-state index in [4.69, 9.17) is 4.74 Å². The first-order valence-electron chi connectivity index (χ1n) is 16.5. The highest BCUT2D eigenvalue weighted by molar-refractivity contribution is 5.95. The first-order chi connectivity index (χ1) is 25.0. The van der Waals surface area contributed by atoms with Crippen molar-refractivity contribution in [1.82, 2.24) is 34.9 Å². The van der Waals surface area contributed by atoms with Crippen molar-refractivity contribution in [2.45, 2.75) is 31.5 Å². The lowest BCUT2D eigenvalue weighted by atomic mass is 9.97. The Labute approximate surface area is 296 Å². The van der Waals surface area contributed by atoms with Gasteiger partial charge in [-0.1, -0.05) is 18.2 Å². The Morgan fingerprint density at radius 2 is 1.85 bits per heavy atom. The molecule has 2 amide bonds. The summed E-state index contributed by atoms with van der Waals surface area (Å²) in [6, 6.07) is 14.2. The summed E-state index contributed by atoms with van der Waals surface area (Å²) >= 11 is 0. The van der Waals surface area contributed by atoms with Gasteiger partial charge >= 0.3 is 6.18 Å². The van der Waals surface area contributed by atoms with Crippen LogP contribution >= 0.6 is 0 Å². The van der Waals surface area contributed by atoms with Crippen LogP contribution in [0.4, 0.5) is 23.2 Å². The summed E-state index contributed by atoms with van der Waals surface area (Å²) in [6.07, 6.45) is 3.90. The number of rotatable bonds is 8. The van der Waals surface area contributed by atoms with Crippen molar-refractivity contribution >= 4 is 34.5 Å². The second-order valence-electron chi connectivity index (χ2n) is 12.7. The molecule has 0 spiro atoms. The Morgan fingerprint density at radius 3 is 2.52 bits per heavy atom. The number of amides is 2. The van der Waals surface area contributed by atoms with Crippen LogP contribution in [0.25, 0.3) is 39.1 Å². The quantitative estimate of drug-likeness (QED) is 0.143. The minimum Gasteiger partial charge on any atom is -0.377 e. The predicted octanol–water partition coefficient (Wildman–Crippen LogP) is 6.22. The van der Waals surface area contributed by atoms with Gasteiger partial charge in [0.15, 0.2) is 5.82 Å². The largest absolute Gasteiger partial charge is 0.433 e. The molecule has 2 aliphatic heterocycles. The second-order valence-corrected chi connectivity index (χ2v) is 12.7. The number of ether oxygens (including phenoxy) is 1. The number of aromatic nitrogens is 5. The predicted molar refractivity (Wildman–Crippen MR) is 187 cm³/mol. The van der Waals surface area contributed by atoms with Crippen LogP contribution in [-0.2, 0) is 20.5 Å². The standard InChI is InChI=1S/C23H27FN4O2.C14H9F3N4O/c1-23(30-2)8-13-27(16-23)15-21(29)28-11-6-17(7-12-28)19-5-4-18(14-20(19)24)22-25-9-3-10-26-22;15-14(16,17)12-5-8(3-4-18-12)13-10-6-9(19-7-22)1-2-11(10)20-21-13/h3-6,9-10,14H,7-8,11-13,15-16H2,1-2H3;1-7H,(H,19,22)(H,20,21). The normalized spacial score (nSPS) is 17.7. The van der Waals surface area contributed by atoms with E-state index in [-0.39, 0.29) is 22.9 Å². The average molecular weight is 717 g/mol. The minimum absolute atomic E-state index is 0.114. The van der Waals surface area contributed by atoms with Crippen molar-refractivity contribution in [3.8, 4) is 22.6 Å². The summed E-state index contributed by atoms with van der Waals surface area (Å²) in [6.45, 7) is 5.23. The third kappa shape index (κ3) is 8.32. The highest BCUT2D eigenvalue weighted by atomic mass is 19.4. The molecule has 11 nitrogen and oxygen atoms in total. The van der Waals surface area contributed by atoms with Crippen LogP contribution in [0.1, 0.15) is 31.0 Å². The molecule has 0 saturated carbocycles. The van der Waals surface area contributed by atoms with Crippen LogP contribution in [-0.4, -0.2) is 92.7 Å². The number of anilines is 1. The lowest BCUT2D eigenvalue weighted by Crippen LogP contribution is -2.42. The second kappa shape index (κ2) is 15.4. The molecule has 5 aromatic rings. The van der Waals surface area contributed by atoms with Crippen LogP contribution < -0.4 is 5.32 Å². The monoisotopic (exact) mass is 716 g/mol. The zero-order valence-corrected chi connectivity index (χ0v) is 28.5. The number of alkyl halides is 3. The SMILES string of the molecule is COC1(C)CCN(CC(=O)N2CC=C(c3ccc(-c4ncccn4)cc3F)CC2)C1.O=CNc1ccc2[nH]nc(-c3ccnc(C(F)(F)F)c3)c2c1. The summed E-state index contributed by atoms with van der Waals surface area (Å²) < 4.78 is 58.5. The van der Waals surface area contributed by atoms with Crippen LogP contribution in [0.15, 0.2) is 79.3 Å². The molecular formula is C37H36F4N8O3. The van der Waals surface area contributed by atoms with Gasteiger partial charge < -0.3 is 15.0 Å². The Balaban J connectivity index is 0.000000187. The first kappa shape index (κ1) is 36.3. The molecule has 52 heavy (non-hydrogen) atoms. The summed E-state index contributed by atoms with van der Waals surface area (Å²) in [5.41, 5.74) is 2.84. The molecular weight excluding hydrogens is 680 g/mol. The zero-order chi connectivity index (χ0) is 36.9. The van der Waals surface area contributed by atoms with Gasteiger partial charge in [-0.3, -0.25) is 24.6 Å². The Bertz CT molecular complexity index is 2090. The molecule has 2 N–H and O–H groups in total. The number of carbonyl (C=O) groups excluding carboxylic acids is 2. The first-order valence-corrected chi connectivity index (χ1v) is 16.5. The molecule has 0 aliphatic carbocycles. The number of likely N-dealkylation sites (tertiary alicyclic amines) is 1. The number of pyridine rings is 1. The van der Waals surface area contributed by atoms with Crippen LogP contribution in [0.5, 0.6) is 0 Å². The number of fused-ring (bicyclic) bond motifs is 1. The summed E-state index contributed by atoms with van der Waals surface area (Å²) in [7, 11) is 1.72. The molecule has 0 bridgehead atoms. The maximum atomic E-state index is 14.8. The van der Waals surface area contributed by atoms with Gasteiger partial charge in [0.2, 0.25) is 12.3 Å². The number of carbonyl (C=O) groups is 2. The molecule has 2 aliphatic rings. The minimum atomic E-state index is -4.52. The number of H-pyrrole nitrogens is 1. The van der Waals surface area contributed by atoms with E-state index in [2.05, 4.69) is 42.3 Å². The molecule has 5 heterocycles. The Kier molecular flexibility index (Phi) is 10.7. The van der Waals surface area contributed by atoms with Gasteiger partial charge in [-0.05, 0) is 67.8 Å². The maximum Gasteiger partial charge on any atom is 0.433 e. The van der Waals surface area contributed by atoms with E-state index in [0.29, 0.717) is 71.7 Å². The average Bonchev–Trinajstić information content (AvgIpc) is 3.75. The van der Waals surface area contributed by atoms with Crippen molar-refractivity contribution < 1.29 is 31.9 Å². The fraction of sp³-hybridized carbons (Fsp3) is 0.297. The Hall–Kier alpha value is -5.54. The van der Waals surface area contributed by atoms with Crippen molar-refractivity contribution in [1.29, 1.82) is 0 Å². The smallest absolute Gasteiger partial charge is 0.377 e. The number of nitrogens with zero attached hydrogens (tertiary/aromatic N) is 6. The zero-order valence-electron chi connectivity index (χ0n) is 28.5. The van der Waals surface area contributed by atoms with Gasteiger partial charge in [0.25, 0.3) is 0 Å². The van der Waals surface area contributed by atoms with E-state index in [1.165, 1.54) is 12.1 Å². The number of hydrogen-bond acceptors (Lipinski definition) is 8. The molecule has 1 unspecified atom stereocenters. The summed E-state index contributed by atoms with van der Waals surface area (Å²) in [4.78, 5) is 38.8. The molecule has 3 aromatic heterocycles. The van der Waals surface area contributed by atoms with Gasteiger partial charge in [-0.15, -0.1) is 0 Å². The molecule has 1 saturated heterocycles. The third-order valence-electron chi connectivity index (χ3n) is 9.18. The topological polar surface area (TPSA) is 129 Å². The highest BCUT2D eigenvalue weighted by Crippen LogP contribution is 2.33. The Morgan fingerprint density at radius 1 is 1.04 bits per heavy atom. The van der Waals surface area contributed by atoms with Crippen molar-refractivity contribution in [2.75, 3.05) is 45.2 Å². The highest BCUT2D eigenvalue weighted by Gasteiger charge is 2.35. The van der Waals surface area contributed by atoms with Gasteiger partial charge in [-0.25, -0.2) is 14.4 Å². The van der Waals surface area contributed by atoms with Crippen molar-refractivity contribution in [2.24, 2.45) is 0 Å². The molecule has 2 aromatic carbocycles. The lowest BCUT2D eigenvalue weighted by molar-refractivity contribution is -0.141. The lowest BCUT2D eigenvalue weighted by Gasteiger charge is -2.29. The van der Waals surface area contributed by atoms with Gasteiger partial charge in [0.05, 0.1) is 17.7 Å². The number of nitrogens with one attached hydrogen (secondary N) is 2. The fourth-order valence-corrected chi connectivity index (χ4v) is 6.25. The van der Waals surface area contributed by atoms with E-state index in [0.717, 1.165) is 37.3 Å². The third-order valence-corrected chi connectivity index (χ3v) is 9.18.